The maximum Gasteiger partial charge on any atom is 0.227 e. The molecule has 1 aromatic heterocycles. The molecule has 0 aliphatic carbocycles. The third-order valence-electron chi connectivity index (χ3n) is 3.50. The smallest absolute Gasteiger partial charge is 0.227 e. The molecule has 0 unspecified atom stereocenters. The zero-order chi connectivity index (χ0) is 15.0. The summed E-state index contributed by atoms with van der Waals surface area (Å²) in [6, 6.07) is 10.8. The van der Waals surface area contributed by atoms with Crippen molar-refractivity contribution in [1.29, 1.82) is 0 Å². The van der Waals surface area contributed by atoms with Crippen molar-refractivity contribution in [3.8, 4) is 0 Å². The van der Waals surface area contributed by atoms with E-state index in [9.17, 15) is 0 Å². The van der Waals surface area contributed by atoms with Gasteiger partial charge in [-0.05, 0) is 5.56 Å². The van der Waals surface area contributed by atoms with Crippen LogP contribution in [0.2, 0.25) is 0 Å². The van der Waals surface area contributed by atoms with Crippen LogP contribution in [0.5, 0.6) is 0 Å². The number of benzene rings is 1. The van der Waals surface area contributed by atoms with Gasteiger partial charge < -0.3 is 9.84 Å². The molecule has 0 atom stereocenters. The Morgan fingerprint density at radius 3 is 2.68 bits per heavy atom. The van der Waals surface area contributed by atoms with Crippen LogP contribution in [0, 0.1) is 0 Å². The van der Waals surface area contributed by atoms with E-state index in [0.29, 0.717) is 6.04 Å². The first-order valence-corrected chi connectivity index (χ1v) is 9.95. The lowest BCUT2D eigenvalue weighted by molar-refractivity contribution is 0.370. The minimum atomic E-state index is 0.601. The van der Waals surface area contributed by atoms with E-state index in [1.807, 2.05) is 41.7 Å². The summed E-state index contributed by atoms with van der Waals surface area (Å²) in [4.78, 5) is 4.48. The lowest BCUT2D eigenvalue weighted by Crippen LogP contribution is -2.34. The number of nitrogens with one attached hydrogen (secondary N) is 1. The summed E-state index contributed by atoms with van der Waals surface area (Å²) in [6.07, 6.45) is 1.53. The number of thioether (sulfide) groups is 2. The lowest BCUT2D eigenvalue weighted by atomic mass is 10.1. The standard InChI is InChI=1S/C16H21N3OS2/c1-2-4-13(5-3-1)10-15-18-16(20-19-15)6-7-17-14-11-21-8-9-22-12-14/h1-5,14,17H,6-12H2. The molecule has 0 saturated carbocycles. The molecule has 1 aliphatic rings. The zero-order valence-corrected chi connectivity index (χ0v) is 14.2. The van der Waals surface area contributed by atoms with E-state index in [4.69, 9.17) is 4.52 Å². The summed E-state index contributed by atoms with van der Waals surface area (Å²) in [7, 11) is 0. The third-order valence-corrected chi connectivity index (χ3v) is 6.02. The van der Waals surface area contributed by atoms with E-state index in [2.05, 4.69) is 27.6 Å². The van der Waals surface area contributed by atoms with Crippen LogP contribution in [0.15, 0.2) is 34.9 Å². The number of hydrogen-bond acceptors (Lipinski definition) is 6. The highest BCUT2D eigenvalue weighted by Crippen LogP contribution is 2.16. The van der Waals surface area contributed by atoms with Gasteiger partial charge >= 0.3 is 0 Å². The van der Waals surface area contributed by atoms with Gasteiger partial charge in [0.25, 0.3) is 0 Å². The SMILES string of the molecule is c1ccc(Cc2noc(CCNC3CSCCSC3)n2)cc1. The second kappa shape index (κ2) is 8.60. The summed E-state index contributed by atoms with van der Waals surface area (Å²) in [5, 5.41) is 7.67. The number of hydrogen-bond donors (Lipinski definition) is 1. The molecule has 1 aliphatic heterocycles. The number of nitrogens with zero attached hydrogens (tertiary/aromatic N) is 2. The van der Waals surface area contributed by atoms with Gasteiger partial charge in [-0.15, -0.1) is 0 Å². The first kappa shape index (κ1) is 15.9. The minimum absolute atomic E-state index is 0.601. The number of rotatable bonds is 6. The van der Waals surface area contributed by atoms with Crippen molar-refractivity contribution in [1.82, 2.24) is 15.5 Å². The summed E-state index contributed by atoms with van der Waals surface area (Å²) < 4.78 is 5.34. The summed E-state index contributed by atoms with van der Waals surface area (Å²) >= 11 is 4.08. The molecule has 6 heteroatoms. The lowest BCUT2D eigenvalue weighted by Gasteiger charge is -2.14. The molecule has 2 aromatic rings. The van der Waals surface area contributed by atoms with Gasteiger partial charge in [-0.2, -0.15) is 28.5 Å². The van der Waals surface area contributed by atoms with Crippen LogP contribution in [0.4, 0.5) is 0 Å². The fourth-order valence-corrected chi connectivity index (χ4v) is 4.83. The normalized spacial score (nSPS) is 16.5. The summed E-state index contributed by atoms with van der Waals surface area (Å²) in [5.41, 5.74) is 1.21. The second-order valence-corrected chi connectivity index (χ2v) is 7.62. The van der Waals surface area contributed by atoms with E-state index in [-0.39, 0.29) is 0 Å². The second-order valence-electron chi connectivity index (χ2n) is 5.32. The van der Waals surface area contributed by atoms with Crippen LogP contribution in [0.3, 0.4) is 0 Å². The Kier molecular flexibility index (Phi) is 6.21. The van der Waals surface area contributed by atoms with E-state index >= 15 is 0 Å². The van der Waals surface area contributed by atoms with Crippen molar-refractivity contribution >= 4 is 23.5 Å². The third kappa shape index (κ3) is 5.04. The highest BCUT2D eigenvalue weighted by molar-refractivity contribution is 8.03. The van der Waals surface area contributed by atoms with Crippen molar-refractivity contribution in [2.75, 3.05) is 29.6 Å². The number of aromatic nitrogens is 2. The van der Waals surface area contributed by atoms with Gasteiger partial charge in [0.2, 0.25) is 5.89 Å². The Hall–Kier alpha value is -0.980. The van der Waals surface area contributed by atoms with Crippen molar-refractivity contribution in [2.45, 2.75) is 18.9 Å². The van der Waals surface area contributed by atoms with Crippen LogP contribution in [0.1, 0.15) is 17.3 Å². The molecular formula is C16H21N3OS2. The molecule has 4 nitrogen and oxygen atoms in total. The average Bonchev–Trinajstić information content (AvgIpc) is 2.82. The van der Waals surface area contributed by atoms with Crippen LogP contribution < -0.4 is 5.32 Å². The molecule has 0 amide bonds. The van der Waals surface area contributed by atoms with Crippen molar-refractivity contribution in [2.24, 2.45) is 0 Å². The van der Waals surface area contributed by atoms with Crippen LogP contribution in [-0.2, 0) is 12.8 Å². The quantitative estimate of drug-likeness (QED) is 0.876. The first-order chi connectivity index (χ1) is 10.9. The topological polar surface area (TPSA) is 51.0 Å². The highest BCUT2D eigenvalue weighted by atomic mass is 32.2. The molecule has 1 saturated heterocycles. The van der Waals surface area contributed by atoms with Crippen LogP contribution >= 0.6 is 23.5 Å². The van der Waals surface area contributed by atoms with Gasteiger partial charge in [-0.25, -0.2) is 0 Å². The highest BCUT2D eigenvalue weighted by Gasteiger charge is 2.13. The first-order valence-electron chi connectivity index (χ1n) is 7.64. The Bertz CT molecular complexity index is 554. The Morgan fingerprint density at radius 1 is 1.14 bits per heavy atom. The summed E-state index contributed by atoms with van der Waals surface area (Å²) in [6.45, 7) is 0.902. The fourth-order valence-electron chi connectivity index (χ4n) is 2.36. The van der Waals surface area contributed by atoms with Crippen LogP contribution in [-0.4, -0.2) is 45.7 Å². The van der Waals surface area contributed by atoms with Gasteiger partial charge in [-0.3, -0.25) is 0 Å². The largest absolute Gasteiger partial charge is 0.339 e. The molecule has 0 bridgehead atoms. The molecule has 1 fully saturated rings. The van der Waals surface area contributed by atoms with Gasteiger partial charge in [0.15, 0.2) is 5.82 Å². The molecule has 1 aromatic carbocycles. The van der Waals surface area contributed by atoms with E-state index in [1.54, 1.807) is 0 Å². The van der Waals surface area contributed by atoms with E-state index in [0.717, 1.165) is 31.1 Å². The Morgan fingerprint density at radius 2 is 1.91 bits per heavy atom. The van der Waals surface area contributed by atoms with E-state index < -0.39 is 0 Å². The fraction of sp³-hybridized carbons (Fsp3) is 0.500. The maximum atomic E-state index is 5.34. The monoisotopic (exact) mass is 335 g/mol. The summed E-state index contributed by atoms with van der Waals surface area (Å²) in [5.74, 6) is 6.45. The molecule has 3 rings (SSSR count). The Labute approximate surface area is 139 Å². The van der Waals surface area contributed by atoms with E-state index in [1.165, 1.54) is 28.6 Å². The molecule has 0 radical (unpaired) electrons. The molecule has 2 heterocycles. The molecular weight excluding hydrogens is 314 g/mol. The zero-order valence-electron chi connectivity index (χ0n) is 12.5. The molecule has 22 heavy (non-hydrogen) atoms. The van der Waals surface area contributed by atoms with Gasteiger partial charge in [-0.1, -0.05) is 35.5 Å². The molecule has 118 valence electrons. The maximum absolute atomic E-state index is 5.34. The van der Waals surface area contributed by atoms with Crippen molar-refractivity contribution < 1.29 is 4.52 Å². The predicted molar refractivity (Wildman–Crippen MR) is 93.7 cm³/mol. The molecule has 1 N–H and O–H groups in total. The van der Waals surface area contributed by atoms with Gasteiger partial charge in [0.1, 0.15) is 0 Å². The minimum Gasteiger partial charge on any atom is -0.339 e. The predicted octanol–water partition coefficient (Wildman–Crippen LogP) is 2.64. The van der Waals surface area contributed by atoms with Gasteiger partial charge in [0, 0.05) is 48.4 Å². The Balaban J connectivity index is 1.43. The average molecular weight is 335 g/mol. The van der Waals surface area contributed by atoms with Crippen LogP contribution in [0.25, 0.3) is 0 Å². The van der Waals surface area contributed by atoms with Crippen molar-refractivity contribution in [3.05, 3.63) is 47.6 Å². The van der Waals surface area contributed by atoms with Crippen molar-refractivity contribution in [3.63, 3.8) is 0 Å². The van der Waals surface area contributed by atoms with Gasteiger partial charge in [0.05, 0.1) is 0 Å². The molecule has 0 spiro atoms.